The lowest BCUT2D eigenvalue weighted by Crippen LogP contribution is -2.51. The number of alkyl halides is 4. The third kappa shape index (κ3) is 3.92. The molecule has 1 saturated heterocycles. The molecule has 8 heteroatoms. The first-order valence-electron chi connectivity index (χ1n) is 5.90. The highest BCUT2D eigenvalue weighted by Gasteiger charge is 2.41. The molecule has 1 aliphatic rings. The van der Waals surface area contributed by atoms with Crippen molar-refractivity contribution in [2.45, 2.75) is 18.1 Å². The number of carbonyl (C=O) groups is 1. The molecule has 1 fully saturated rings. The zero-order chi connectivity index (χ0) is 16.3. The van der Waals surface area contributed by atoms with Crippen LogP contribution in [0.1, 0.15) is 17.5 Å². The van der Waals surface area contributed by atoms with Gasteiger partial charge in [0.25, 0.3) is 0 Å². The van der Waals surface area contributed by atoms with Crippen LogP contribution < -0.4 is 5.73 Å². The number of benzene rings is 1. The van der Waals surface area contributed by atoms with Crippen LogP contribution in [-0.4, -0.2) is 23.9 Å². The molecule has 0 amide bonds. The van der Waals surface area contributed by atoms with Gasteiger partial charge in [0.1, 0.15) is 18.0 Å². The molecular formula is C13H14F4INO2. The zero-order valence-electron chi connectivity index (χ0n) is 11.1. The van der Waals surface area contributed by atoms with Crippen molar-refractivity contribution in [2.75, 3.05) is 18.1 Å². The van der Waals surface area contributed by atoms with Crippen molar-refractivity contribution in [1.29, 1.82) is 0 Å². The summed E-state index contributed by atoms with van der Waals surface area (Å²) in [4.78, 5) is 13.7. The van der Waals surface area contributed by atoms with Crippen LogP contribution in [0.3, 0.4) is 0 Å². The van der Waals surface area contributed by atoms with Gasteiger partial charge in [-0.1, -0.05) is 28.7 Å². The summed E-state index contributed by atoms with van der Waals surface area (Å²) in [6.45, 7) is -0.111. The summed E-state index contributed by atoms with van der Waals surface area (Å²) in [6.07, 6.45) is -4.60. The van der Waals surface area contributed by atoms with Gasteiger partial charge >= 0.3 is 6.18 Å². The number of carbonyl (C=O) groups excluding carboxylic acids is 1. The van der Waals surface area contributed by atoms with Crippen molar-refractivity contribution in [3.05, 3.63) is 35.1 Å². The summed E-state index contributed by atoms with van der Waals surface area (Å²) >= 11 is 2.15. The minimum Gasteiger partial charge on any atom is -0.373 e. The van der Waals surface area contributed by atoms with E-state index >= 15 is 0 Å². The number of nitrogens with two attached hydrogens (primary N) is 1. The molecule has 1 aromatic carbocycles. The summed E-state index contributed by atoms with van der Waals surface area (Å²) in [5, 5.41) is 0. The second kappa shape index (κ2) is 7.01. The molecule has 118 valence electrons. The molecule has 0 saturated carbocycles. The Labute approximate surface area is 133 Å². The Kier molecular flexibility index (Phi) is 6.11. The minimum absolute atomic E-state index is 0.0358. The van der Waals surface area contributed by atoms with Gasteiger partial charge in [-0.25, -0.2) is 4.39 Å². The van der Waals surface area contributed by atoms with Gasteiger partial charge in [-0.05, 0) is 17.1 Å². The second-order valence-electron chi connectivity index (χ2n) is 4.39. The molecule has 1 heterocycles. The van der Waals surface area contributed by atoms with E-state index in [9.17, 15) is 22.4 Å². The fourth-order valence-corrected chi connectivity index (χ4v) is 2.00. The van der Waals surface area contributed by atoms with Gasteiger partial charge < -0.3 is 10.5 Å². The van der Waals surface area contributed by atoms with Crippen LogP contribution in [0.2, 0.25) is 0 Å². The molecule has 2 N–H and O–H groups in total. The van der Waals surface area contributed by atoms with Crippen LogP contribution in [-0.2, 0) is 21.2 Å². The number of halogens is 5. The predicted octanol–water partition coefficient (Wildman–Crippen LogP) is 3.04. The average molecular weight is 419 g/mol. The first-order chi connectivity index (χ1) is 9.75. The second-order valence-corrected chi connectivity index (χ2v) is 4.39. The normalized spacial score (nSPS) is 22.5. The Balaban J connectivity index is 0.00000106. The summed E-state index contributed by atoms with van der Waals surface area (Å²) < 4.78 is 56.0. The third-order valence-corrected chi connectivity index (χ3v) is 3.15. The molecule has 3 nitrogen and oxygen atoms in total. The smallest absolute Gasteiger partial charge is 0.373 e. The van der Waals surface area contributed by atoms with Gasteiger partial charge in [-0.2, -0.15) is 13.2 Å². The van der Waals surface area contributed by atoms with E-state index in [1.165, 1.54) is 0 Å². The molecule has 1 aliphatic heterocycles. The lowest BCUT2D eigenvalue weighted by Gasteiger charge is -2.32. The van der Waals surface area contributed by atoms with Crippen molar-refractivity contribution in [2.24, 2.45) is 5.73 Å². The predicted molar refractivity (Wildman–Crippen MR) is 77.7 cm³/mol. The first kappa shape index (κ1) is 18.3. The molecule has 0 spiro atoms. The van der Waals surface area contributed by atoms with E-state index in [0.717, 1.165) is 12.1 Å². The number of hydrogen-bond donors (Lipinski definition) is 1. The fourth-order valence-electron chi connectivity index (χ4n) is 2.00. The number of hydrogen-bond acceptors (Lipinski definition) is 3. The Bertz CT molecular complexity index is 521. The quantitative estimate of drug-likeness (QED) is 0.433. The van der Waals surface area contributed by atoms with Crippen molar-refractivity contribution in [3.8, 4) is 0 Å². The molecule has 1 atom stereocenters. The average Bonchev–Trinajstić information content (AvgIpc) is 2.43. The summed E-state index contributed by atoms with van der Waals surface area (Å²) in [6, 6.07) is 1.99. The standard InChI is InChI=1S/C12H11F4NO2.CH3I/c13-9-5-7(12(14,15)16)1-2-8(9)11(17)3-4-19-6-10(11)18;1-2/h1-2,5H,3-4,6,17H2;1H3. The van der Waals surface area contributed by atoms with Crippen molar-refractivity contribution >= 4 is 28.4 Å². The molecule has 0 bridgehead atoms. The van der Waals surface area contributed by atoms with E-state index in [1.807, 2.05) is 4.93 Å². The lowest BCUT2D eigenvalue weighted by atomic mass is 9.82. The Morgan fingerprint density at radius 1 is 1.33 bits per heavy atom. The minimum atomic E-state index is -4.64. The van der Waals surface area contributed by atoms with Crippen LogP contribution in [0.25, 0.3) is 0 Å². The molecule has 0 aliphatic carbocycles. The summed E-state index contributed by atoms with van der Waals surface area (Å²) in [5.41, 5.74) is 2.87. The maximum atomic E-state index is 13.8. The number of rotatable bonds is 1. The topological polar surface area (TPSA) is 52.3 Å². The van der Waals surface area contributed by atoms with Crippen LogP contribution in [0.5, 0.6) is 0 Å². The number of ketones is 1. The number of Topliss-reactive ketones (excluding diaryl/α,β-unsaturated/α-hetero) is 1. The highest BCUT2D eigenvalue weighted by atomic mass is 127. The summed E-state index contributed by atoms with van der Waals surface area (Å²) in [5.74, 6) is -1.68. The zero-order valence-corrected chi connectivity index (χ0v) is 13.3. The maximum Gasteiger partial charge on any atom is 0.416 e. The van der Waals surface area contributed by atoms with E-state index in [2.05, 4.69) is 22.6 Å². The molecule has 2 rings (SSSR count). The molecular weight excluding hydrogens is 405 g/mol. The van der Waals surface area contributed by atoms with E-state index in [4.69, 9.17) is 10.5 Å². The molecule has 21 heavy (non-hydrogen) atoms. The van der Waals surface area contributed by atoms with E-state index < -0.39 is 28.9 Å². The molecule has 0 aromatic heterocycles. The van der Waals surface area contributed by atoms with Crippen LogP contribution in [0, 0.1) is 5.82 Å². The van der Waals surface area contributed by atoms with Gasteiger partial charge in [-0.15, -0.1) is 0 Å². The first-order valence-corrected chi connectivity index (χ1v) is 8.06. The lowest BCUT2D eigenvalue weighted by molar-refractivity contribution is -0.137. The number of ether oxygens (including phenoxy) is 1. The molecule has 1 unspecified atom stereocenters. The van der Waals surface area contributed by atoms with Crippen molar-refractivity contribution < 1.29 is 27.1 Å². The Morgan fingerprint density at radius 3 is 2.43 bits per heavy atom. The van der Waals surface area contributed by atoms with E-state index in [0.29, 0.717) is 6.07 Å². The molecule has 1 aromatic rings. The van der Waals surface area contributed by atoms with Gasteiger partial charge in [-0.3, -0.25) is 4.79 Å². The monoisotopic (exact) mass is 419 g/mol. The van der Waals surface area contributed by atoms with Crippen molar-refractivity contribution in [1.82, 2.24) is 0 Å². The molecule has 0 radical (unpaired) electrons. The van der Waals surface area contributed by atoms with Gasteiger partial charge in [0.15, 0.2) is 5.78 Å². The van der Waals surface area contributed by atoms with Crippen molar-refractivity contribution in [3.63, 3.8) is 0 Å². The van der Waals surface area contributed by atoms with Crippen LogP contribution in [0.15, 0.2) is 18.2 Å². The Morgan fingerprint density at radius 2 is 1.95 bits per heavy atom. The van der Waals surface area contributed by atoms with E-state index in [-0.39, 0.29) is 25.2 Å². The Hall–Kier alpha value is -0.740. The van der Waals surface area contributed by atoms with Gasteiger partial charge in [0.2, 0.25) is 0 Å². The van der Waals surface area contributed by atoms with Crippen LogP contribution in [0.4, 0.5) is 17.6 Å². The highest BCUT2D eigenvalue weighted by molar-refractivity contribution is 14.1. The largest absolute Gasteiger partial charge is 0.416 e. The maximum absolute atomic E-state index is 13.8. The highest BCUT2D eigenvalue weighted by Crippen LogP contribution is 2.34. The summed E-state index contributed by atoms with van der Waals surface area (Å²) in [7, 11) is 0. The van der Waals surface area contributed by atoms with E-state index in [1.54, 1.807) is 0 Å². The van der Waals surface area contributed by atoms with Gasteiger partial charge in [0, 0.05) is 18.6 Å². The van der Waals surface area contributed by atoms with Crippen LogP contribution >= 0.6 is 22.6 Å². The fraction of sp³-hybridized carbons (Fsp3) is 0.462. The SMILES string of the molecule is CI.NC1(c2ccc(C(F)(F)F)cc2F)CCOCC1=O. The third-order valence-electron chi connectivity index (χ3n) is 3.15. The van der Waals surface area contributed by atoms with Gasteiger partial charge in [0.05, 0.1) is 5.56 Å².